The molecular formula is C11H16N2O6S. The molecule has 9 heteroatoms. The lowest BCUT2D eigenvalue weighted by Crippen LogP contribution is -2.28. The summed E-state index contributed by atoms with van der Waals surface area (Å²) in [5, 5.41) is 20.0. The Kier molecular flexibility index (Phi) is 5.43. The van der Waals surface area contributed by atoms with Crippen molar-refractivity contribution >= 4 is 15.7 Å². The van der Waals surface area contributed by atoms with Crippen molar-refractivity contribution in [2.75, 3.05) is 27.3 Å². The van der Waals surface area contributed by atoms with Gasteiger partial charge in [0.05, 0.1) is 9.82 Å². The van der Waals surface area contributed by atoms with Gasteiger partial charge < -0.3 is 9.84 Å². The first kappa shape index (κ1) is 16.3. The van der Waals surface area contributed by atoms with Crippen molar-refractivity contribution in [2.24, 2.45) is 0 Å². The minimum Gasteiger partial charge on any atom is -0.502 e. The van der Waals surface area contributed by atoms with Gasteiger partial charge in [-0.15, -0.1) is 0 Å². The fourth-order valence-corrected chi connectivity index (χ4v) is 2.77. The molecule has 0 heterocycles. The predicted molar refractivity (Wildman–Crippen MR) is 71.1 cm³/mol. The number of sulfonamides is 1. The zero-order chi connectivity index (χ0) is 15.3. The number of nitrogens with zero attached hydrogens (tertiary/aromatic N) is 2. The van der Waals surface area contributed by atoms with Gasteiger partial charge >= 0.3 is 5.69 Å². The van der Waals surface area contributed by atoms with E-state index in [0.717, 1.165) is 22.5 Å². The third-order valence-electron chi connectivity index (χ3n) is 2.67. The first-order valence-electron chi connectivity index (χ1n) is 5.73. The van der Waals surface area contributed by atoms with E-state index in [1.165, 1.54) is 14.2 Å². The molecule has 0 saturated heterocycles. The van der Waals surface area contributed by atoms with E-state index in [0.29, 0.717) is 13.0 Å². The van der Waals surface area contributed by atoms with Crippen molar-refractivity contribution in [3.05, 3.63) is 28.3 Å². The molecule has 1 rings (SSSR count). The largest absolute Gasteiger partial charge is 0.502 e. The summed E-state index contributed by atoms with van der Waals surface area (Å²) in [6, 6.07) is 2.97. The van der Waals surface area contributed by atoms with Gasteiger partial charge in [-0.2, -0.15) is 0 Å². The van der Waals surface area contributed by atoms with Crippen LogP contribution < -0.4 is 0 Å². The number of phenols is 1. The van der Waals surface area contributed by atoms with Crippen LogP contribution in [0.4, 0.5) is 5.69 Å². The second-order valence-corrected chi connectivity index (χ2v) is 6.13. The van der Waals surface area contributed by atoms with Crippen molar-refractivity contribution in [3.63, 3.8) is 0 Å². The summed E-state index contributed by atoms with van der Waals surface area (Å²) in [5.74, 6) is -0.573. The average molecular weight is 304 g/mol. The molecule has 112 valence electrons. The van der Waals surface area contributed by atoms with Gasteiger partial charge in [0, 0.05) is 33.4 Å². The Morgan fingerprint density at radius 2 is 2.10 bits per heavy atom. The number of aromatic hydroxyl groups is 1. The molecule has 0 aliphatic carbocycles. The molecule has 0 aliphatic rings. The van der Waals surface area contributed by atoms with Crippen molar-refractivity contribution in [3.8, 4) is 5.75 Å². The molecule has 1 aromatic rings. The predicted octanol–water partition coefficient (Wildman–Crippen LogP) is 0.957. The lowest BCUT2D eigenvalue weighted by atomic mass is 10.3. The van der Waals surface area contributed by atoms with Gasteiger partial charge in [0.15, 0.2) is 5.75 Å². The highest BCUT2D eigenvalue weighted by atomic mass is 32.2. The number of nitro groups is 1. The Morgan fingerprint density at radius 3 is 2.65 bits per heavy atom. The Hall–Kier alpha value is -1.71. The van der Waals surface area contributed by atoms with Gasteiger partial charge in [-0.25, -0.2) is 12.7 Å². The van der Waals surface area contributed by atoms with Gasteiger partial charge in [-0.05, 0) is 18.6 Å². The third kappa shape index (κ3) is 3.65. The molecule has 0 amide bonds. The molecular weight excluding hydrogens is 288 g/mol. The fourth-order valence-electron chi connectivity index (χ4n) is 1.54. The van der Waals surface area contributed by atoms with Crippen LogP contribution in [0.25, 0.3) is 0 Å². The topological polar surface area (TPSA) is 110 Å². The smallest absolute Gasteiger partial charge is 0.312 e. The maximum absolute atomic E-state index is 12.2. The fraction of sp³-hybridized carbons (Fsp3) is 0.455. The molecule has 0 bridgehead atoms. The zero-order valence-corrected chi connectivity index (χ0v) is 12.0. The van der Waals surface area contributed by atoms with Gasteiger partial charge in [-0.3, -0.25) is 10.1 Å². The van der Waals surface area contributed by atoms with E-state index in [4.69, 9.17) is 4.74 Å². The lowest BCUT2D eigenvalue weighted by molar-refractivity contribution is -0.386. The van der Waals surface area contributed by atoms with Crippen molar-refractivity contribution in [2.45, 2.75) is 11.3 Å². The van der Waals surface area contributed by atoms with E-state index in [1.807, 2.05) is 0 Å². The third-order valence-corrected chi connectivity index (χ3v) is 4.53. The summed E-state index contributed by atoms with van der Waals surface area (Å²) in [7, 11) is -0.940. The standard InChI is InChI=1S/C11H16N2O6S/c1-12(6-3-7-19-2)20(17,18)9-4-5-11(14)10(8-9)13(15)16/h4-5,8,14H,3,6-7H2,1-2H3. The second-order valence-electron chi connectivity index (χ2n) is 4.08. The van der Waals surface area contributed by atoms with Crippen LogP contribution in [-0.2, 0) is 14.8 Å². The SMILES string of the molecule is COCCCN(C)S(=O)(=O)c1ccc(O)c([N+](=O)[O-])c1. The van der Waals surface area contributed by atoms with E-state index in [9.17, 15) is 23.6 Å². The van der Waals surface area contributed by atoms with Gasteiger partial charge in [-0.1, -0.05) is 0 Å². The molecule has 0 aliphatic heterocycles. The number of nitro benzene ring substituents is 1. The maximum atomic E-state index is 12.2. The highest BCUT2D eigenvalue weighted by molar-refractivity contribution is 7.89. The van der Waals surface area contributed by atoms with E-state index < -0.39 is 26.4 Å². The molecule has 0 atom stereocenters. The van der Waals surface area contributed by atoms with Crippen LogP contribution in [0.1, 0.15) is 6.42 Å². The molecule has 0 spiro atoms. The lowest BCUT2D eigenvalue weighted by Gasteiger charge is -2.16. The van der Waals surface area contributed by atoms with Crippen LogP contribution in [0.5, 0.6) is 5.75 Å². The molecule has 8 nitrogen and oxygen atoms in total. The van der Waals surface area contributed by atoms with Gasteiger partial charge in [0.1, 0.15) is 0 Å². The molecule has 0 radical (unpaired) electrons. The average Bonchev–Trinajstić information content (AvgIpc) is 2.38. The maximum Gasteiger partial charge on any atom is 0.312 e. The number of methoxy groups -OCH3 is 1. The first-order chi connectivity index (χ1) is 9.30. The molecule has 0 fully saturated rings. The second kappa shape index (κ2) is 6.64. The van der Waals surface area contributed by atoms with E-state index >= 15 is 0 Å². The normalized spacial score (nSPS) is 11.8. The van der Waals surface area contributed by atoms with E-state index in [2.05, 4.69) is 0 Å². The highest BCUT2D eigenvalue weighted by Crippen LogP contribution is 2.29. The van der Waals surface area contributed by atoms with Crippen molar-refractivity contribution < 1.29 is 23.2 Å². The molecule has 1 aromatic carbocycles. The Morgan fingerprint density at radius 1 is 1.45 bits per heavy atom. The number of rotatable bonds is 7. The molecule has 1 N–H and O–H groups in total. The first-order valence-corrected chi connectivity index (χ1v) is 7.17. The van der Waals surface area contributed by atoms with Crippen LogP contribution in [0.2, 0.25) is 0 Å². The summed E-state index contributed by atoms with van der Waals surface area (Å²) in [6.45, 7) is 0.639. The van der Waals surface area contributed by atoms with Crippen molar-refractivity contribution in [1.29, 1.82) is 0 Å². The van der Waals surface area contributed by atoms with Gasteiger partial charge in [0.25, 0.3) is 0 Å². The van der Waals surface area contributed by atoms with E-state index in [1.54, 1.807) is 0 Å². The minimum absolute atomic E-state index is 0.227. The van der Waals surface area contributed by atoms with E-state index in [-0.39, 0.29) is 11.4 Å². The molecule has 0 unspecified atom stereocenters. The van der Waals surface area contributed by atoms with Gasteiger partial charge in [0.2, 0.25) is 10.0 Å². The van der Waals surface area contributed by atoms with Crippen LogP contribution in [0.3, 0.4) is 0 Å². The molecule has 0 aromatic heterocycles. The van der Waals surface area contributed by atoms with Crippen molar-refractivity contribution in [1.82, 2.24) is 4.31 Å². The molecule has 20 heavy (non-hydrogen) atoms. The Balaban J connectivity index is 3.03. The number of phenolic OH excluding ortho intramolecular Hbond substituents is 1. The number of hydrogen-bond acceptors (Lipinski definition) is 6. The summed E-state index contributed by atoms with van der Waals surface area (Å²) >= 11 is 0. The van der Waals surface area contributed by atoms with Crippen LogP contribution in [0.15, 0.2) is 23.1 Å². The van der Waals surface area contributed by atoms with Crippen LogP contribution >= 0.6 is 0 Å². The molecule has 0 saturated carbocycles. The summed E-state index contributed by atoms with van der Waals surface area (Å²) in [6.07, 6.45) is 0.506. The number of benzene rings is 1. The Bertz CT molecular complexity index is 587. The number of hydrogen-bond donors (Lipinski definition) is 1. The summed E-state index contributed by atoms with van der Waals surface area (Å²) < 4.78 is 30.3. The monoisotopic (exact) mass is 304 g/mol. The number of ether oxygens (including phenoxy) is 1. The zero-order valence-electron chi connectivity index (χ0n) is 11.1. The summed E-state index contributed by atoms with van der Waals surface area (Å²) in [4.78, 5) is 9.63. The van der Waals surface area contributed by atoms with Crippen LogP contribution in [0, 0.1) is 10.1 Å². The quantitative estimate of drug-likeness (QED) is 0.456. The highest BCUT2D eigenvalue weighted by Gasteiger charge is 2.24. The summed E-state index contributed by atoms with van der Waals surface area (Å²) in [5.41, 5.74) is -0.642. The minimum atomic E-state index is -3.83. The Labute approximate surface area is 116 Å². The van der Waals surface area contributed by atoms with Crippen LogP contribution in [-0.4, -0.2) is 50.1 Å².